The van der Waals surface area contributed by atoms with Crippen molar-refractivity contribution in [2.75, 3.05) is 0 Å². The lowest BCUT2D eigenvalue weighted by Gasteiger charge is -2.09. The lowest BCUT2D eigenvalue weighted by Crippen LogP contribution is -2.39. The second-order valence-electron chi connectivity index (χ2n) is 5.48. The Morgan fingerprint density at radius 3 is 2.73 bits per heavy atom. The third-order valence-corrected chi connectivity index (χ3v) is 3.85. The molecule has 7 heteroatoms. The molecule has 0 saturated heterocycles. The highest BCUT2D eigenvalue weighted by Crippen LogP contribution is 2.06. The summed E-state index contributed by atoms with van der Waals surface area (Å²) in [6.45, 7) is 3.90. The molecule has 0 aromatic carbocycles. The normalized spacial score (nSPS) is 12.7. The number of fused-ring (bicyclic) bond motifs is 1. The molecule has 0 radical (unpaired) electrons. The maximum absolute atomic E-state index is 12.4. The molecule has 0 aliphatic carbocycles. The zero-order valence-electron chi connectivity index (χ0n) is 13.0. The average molecular weight is 306 g/mol. The Balaban J connectivity index is 2.15. The van der Waals surface area contributed by atoms with E-state index in [0.29, 0.717) is 30.6 Å². The number of hydrogen-bond acceptors (Lipinski definition) is 4. The van der Waals surface area contributed by atoms with E-state index in [0.717, 1.165) is 12.8 Å². The van der Waals surface area contributed by atoms with Crippen molar-refractivity contribution in [1.82, 2.24) is 18.7 Å². The van der Waals surface area contributed by atoms with Gasteiger partial charge in [-0.15, -0.1) is 6.58 Å². The Morgan fingerprint density at radius 2 is 2.05 bits per heavy atom. The molecule has 2 heterocycles. The van der Waals surface area contributed by atoms with Gasteiger partial charge in [-0.25, -0.2) is 9.78 Å². The third kappa shape index (κ3) is 3.04. The average Bonchev–Trinajstić information content (AvgIpc) is 2.89. The standard InChI is InChI=1S/C15H22N4O3/c1-4-11(20)8-6-5-7-9-19-14(21)12-13(16-10-17(12)2)18(3)15(19)22/h4,10-11,20H,1,5-9H2,2-3H3. The monoisotopic (exact) mass is 306 g/mol. The molecule has 22 heavy (non-hydrogen) atoms. The number of aryl methyl sites for hydroxylation is 2. The van der Waals surface area contributed by atoms with Crippen LogP contribution in [0.4, 0.5) is 0 Å². The first-order chi connectivity index (χ1) is 10.5. The number of hydrogen-bond donors (Lipinski definition) is 1. The number of aliphatic hydroxyl groups excluding tert-OH is 1. The molecule has 0 saturated carbocycles. The van der Waals surface area contributed by atoms with Gasteiger partial charge in [0.2, 0.25) is 0 Å². The van der Waals surface area contributed by atoms with Crippen molar-refractivity contribution in [3.8, 4) is 0 Å². The summed E-state index contributed by atoms with van der Waals surface area (Å²) >= 11 is 0. The van der Waals surface area contributed by atoms with Gasteiger partial charge in [0.1, 0.15) is 0 Å². The SMILES string of the molecule is C=CC(O)CCCCCn1c(=O)c2c(ncn2C)n(C)c1=O. The van der Waals surface area contributed by atoms with Crippen LogP contribution < -0.4 is 11.2 Å². The fourth-order valence-corrected chi connectivity index (χ4v) is 2.51. The summed E-state index contributed by atoms with van der Waals surface area (Å²) < 4.78 is 4.29. The van der Waals surface area contributed by atoms with E-state index in [1.165, 1.54) is 21.5 Å². The molecule has 1 unspecified atom stereocenters. The number of aromatic nitrogens is 4. The first kappa shape index (κ1) is 16.2. The van der Waals surface area contributed by atoms with E-state index in [-0.39, 0.29) is 11.2 Å². The van der Waals surface area contributed by atoms with E-state index in [2.05, 4.69) is 11.6 Å². The van der Waals surface area contributed by atoms with Gasteiger partial charge in [0.25, 0.3) is 5.56 Å². The van der Waals surface area contributed by atoms with Gasteiger partial charge in [-0.05, 0) is 12.8 Å². The van der Waals surface area contributed by atoms with Gasteiger partial charge in [0, 0.05) is 20.6 Å². The van der Waals surface area contributed by atoms with Crippen molar-refractivity contribution >= 4 is 11.2 Å². The van der Waals surface area contributed by atoms with Crippen LogP contribution in [0, 0.1) is 0 Å². The molecule has 0 bridgehead atoms. The van der Waals surface area contributed by atoms with Crippen LogP contribution in [0.15, 0.2) is 28.6 Å². The maximum Gasteiger partial charge on any atom is 0.332 e. The largest absolute Gasteiger partial charge is 0.389 e. The van der Waals surface area contributed by atoms with Crippen LogP contribution in [0.2, 0.25) is 0 Å². The lowest BCUT2D eigenvalue weighted by molar-refractivity contribution is 0.208. The Hall–Kier alpha value is -2.15. The second-order valence-corrected chi connectivity index (χ2v) is 5.48. The highest BCUT2D eigenvalue weighted by atomic mass is 16.3. The molecule has 1 N–H and O–H groups in total. The first-order valence-electron chi connectivity index (χ1n) is 7.38. The molecule has 2 rings (SSSR count). The van der Waals surface area contributed by atoms with Crippen molar-refractivity contribution in [1.29, 1.82) is 0 Å². The predicted molar refractivity (Wildman–Crippen MR) is 84.9 cm³/mol. The van der Waals surface area contributed by atoms with Crippen molar-refractivity contribution < 1.29 is 5.11 Å². The lowest BCUT2D eigenvalue weighted by atomic mass is 10.1. The fraction of sp³-hybridized carbons (Fsp3) is 0.533. The van der Waals surface area contributed by atoms with Crippen LogP contribution in [0.5, 0.6) is 0 Å². The minimum absolute atomic E-state index is 0.302. The summed E-state index contributed by atoms with van der Waals surface area (Å²) in [5.74, 6) is 0. The number of aliphatic hydroxyl groups is 1. The molecule has 2 aromatic heterocycles. The zero-order chi connectivity index (χ0) is 16.3. The van der Waals surface area contributed by atoms with E-state index in [4.69, 9.17) is 0 Å². The molecule has 0 spiro atoms. The summed E-state index contributed by atoms with van der Waals surface area (Å²) in [6, 6.07) is 0. The number of nitrogens with zero attached hydrogens (tertiary/aromatic N) is 4. The van der Waals surface area contributed by atoms with Gasteiger partial charge < -0.3 is 9.67 Å². The summed E-state index contributed by atoms with van der Waals surface area (Å²) in [7, 11) is 3.36. The molecule has 7 nitrogen and oxygen atoms in total. The van der Waals surface area contributed by atoms with Gasteiger partial charge in [-0.2, -0.15) is 0 Å². The molecule has 0 aliphatic rings. The van der Waals surface area contributed by atoms with E-state index in [9.17, 15) is 14.7 Å². The van der Waals surface area contributed by atoms with E-state index in [1.54, 1.807) is 18.7 Å². The van der Waals surface area contributed by atoms with Crippen molar-refractivity contribution in [2.24, 2.45) is 14.1 Å². The highest BCUT2D eigenvalue weighted by Gasteiger charge is 2.14. The van der Waals surface area contributed by atoms with E-state index >= 15 is 0 Å². The van der Waals surface area contributed by atoms with Crippen molar-refractivity contribution in [3.05, 3.63) is 39.8 Å². The Kier molecular flexibility index (Phi) is 4.97. The zero-order valence-corrected chi connectivity index (χ0v) is 13.0. The van der Waals surface area contributed by atoms with Crippen LogP contribution in [0.3, 0.4) is 0 Å². The molecule has 120 valence electrons. The topological polar surface area (TPSA) is 82.1 Å². The van der Waals surface area contributed by atoms with Gasteiger partial charge in [0.05, 0.1) is 12.4 Å². The number of rotatable bonds is 7. The molecule has 0 amide bonds. The molecule has 0 aliphatic heterocycles. The van der Waals surface area contributed by atoms with Gasteiger partial charge >= 0.3 is 5.69 Å². The first-order valence-corrected chi connectivity index (χ1v) is 7.38. The van der Waals surface area contributed by atoms with Crippen LogP contribution in [0.25, 0.3) is 11.2 Å². The Morgan fingerprint density at radius 1 is 1.32 bits per heavy atom. The minimum Gasteiger partial charge on any atom is -0.389 e. The van der Waals surface area contributed by atoms with Crippen molar-refractivity contribution in [3.63, 3.8) is 0 Å². The summed E-state index contributed by atoms with van der Waals surface area (Å²) in [6.07, 6.45) is 5.59. The third-order valence-electron chi connectivity index (χ3n) is 3.85. The molecule has 2 aromatic rings. The van der Waals surface area contributed by atoms with Crippen LogP contribution in [-0.2, 0) is 20.6 Å². The maximum atomic E-state index is 12.4. The molecule has 0 fully saturated rings. The molecule has 1 atom stereocenters. The quantitative estimate of drug-likeness (QED) is 0.598. The summed E-state index contributed by atoms with van der Waals surface area (Å²) in [5, 5.41) is 9.39. The summed E-state index contributed by atoms with van der Waals surface area (Å²) in [5.41, 5.74) is 0.193. The van der Waals surface area contributed by atoms with Crippen molar-refractivity contribution in [2.45, 2.75) is 38.3 Å². The number of unbranched alkanes of at least 4 members (excludes halogenated alkanes) is 2. The van der Waals surface area contributed by atoms with E-state index in [1.807, 2.05) is 0 Å². The molecular formula is C15H22N4O3. The fourth-order valence-electron chi connectivity index (χ4n) is 2.51. The van der Waals surface area contributed by atoms with Crippen LogP contribution in [-0.4, -0.2) is 29.9 Å². The Bertz CT molecular complexity index is 784. The highest BCUT2D eigenvalue weighted by molar-refractivity contribution is 5.69. The number of imidazole rings is 1. The smallest absolute Gasteiger partial charge is 0.332 e. The minimum atomic E-state index is -0.485. The Labute approximate surface area is 128 Å². The van der Waals surface area contributed by atoms with Gasteiger partial charge in [0.15, 0.2) is 11.2 Å². The second kappa shape index (κ2) is 6.74. The predicted octanol–water partition coefficient (Wildman–Crippen LogP) is 0.541. The van der Waals surface area contributed by atoms with E-state index < -0.39 is 6.10 Å². The summed E-state index contributed by atoms with van der Waals surface area (Å²) in [4.78, 5) is 28.8. The van der Waals surface area contributed by atoms with Crippen LogP contribution >= 0.6 is 0 Å². The van der Waals surface area contributed by atoms with Crippen LogP contribution in [0.1, 0.15) is 25.7 Å². The van der Waals surface area contributed by atoms with Gasteiger partial charge in [-0.1, -0.05) is 18.9 Å². The van der Waals surface area contributed by atoms with Gasteiger partial charge in [-0.3, -0.25) is 13.9 Å². The molecular weight excluding hydrogens is 284 g/mol.